The van der Waals surface area contributed by atoms with Crippen molar-refractivity contribution in [2.45, 2.75) is 57.8 Å². The predicted molar refractivity (Wildman–Crippen MR) is 276 cm³/mol. The Hall–Kier alpha value is -8.77. The number of nitrogens with two attached hydrogens (primary N) is 2. The summed E-state index contributed by atoms with van der Waals surface area (Å²) in [7, 11) is 0. The zero-order chi connectivity index (χ0) is 51.9. The summed E-state index contributed by atoms with van der Waals surface area (Å²) in [6.07, 6.45) is 2.69. The Morgan fingerprint density at radius 2 is 1.08 bits per heavy atom. The maximum absolute atomic E-state index is 16.7. The molecule has 374 valence electrons. The maximum atomic E-state index is 16.7. The number of anilines is 2. The quantitative estimate of drug-likeness (QED) is 0.0697. The van der Waals surface area contributed by atoms with Gasteiger partial charge in [-0.25, -0.2) is 8.78 Å². The second kappa shape index (κ2) is 20.0. The van der Waals surface area contributed by atoms with Gasteiger partial charge in [-0.15, -0.1) is 0 Å². The molecule has 8 aromatic rings. The van der Waals surface area contributed by atoms with Gasteiger partial charge in [0.1, 0.15) is 26.2 Å². The van der Waals surface area contributed by atoms with E-state index in [2.05, 4.69) is 20.8 Å². The van der Waals surface area contributed by atoms with Crippen LogP contribution in [-0.2, 0) is 32.3 Å². The molecular weight excluding hydrogens is 970 g/mol. The smallest absolute Gasteiger partial charge is 0.269 e. The predicted octanol–water partition coefficient (Wildman–Crippen LogP) is 8.08. The van der Waals surface area contributed by atoms with Gasteiger partial charge < -0.3 is 31.9 Å². The fourth-order valence-corrected chi connectivity index (χ4v) is 9.60. The first-order valence-corrected chi connectivity index (χ1v) is 24.2. The second-order valence-corrected chi connectivity index (χ2v) is 18.8. The Balaban J connectivity index is 0.867. The van der Waals surface area contributed by atoms with Gasteiger partial charge in [0.05, 0.1) is 22.4 Å². The van der Waals surface area contributed by atoms with Gasteiger partial charge in [0, 0.05) is 44.6 Å². The second-order valence-electron chi connectivity index (χ2n) is 18.4. The van der Waals surface area contributed by atoms with Crippen LogP contribution in [0.2, 0.25) is 5.02 Å². The number of nitrogens with zero attached hydrogens (tertiary/aromatic N) is 6. The summed E-state index contributed by atoms with van der Waals surface area (Å²) in [4.78, 5) is 82.9. The molecule has 2 aliphatic rings. The molecule has 0 aliphatic heterocycles. The van der Waals surface area contributed by atoms with E-state index >= 15 is 8.78 Å². The molecule has 2 aromatic heterocycles. The fourth-order valence-electron chi connectivity index (χ4n) is 9.37. The van der Waals surface area contributed by atoms with Crippen LogP contribution < -0.4 is 22.1 Å². The van der Waals surface area contributed by atoms with E-state index < -0.39 is 47.1 Å². The molecule has 16 nitrogen and oxygen atoms in total. The van der Waals surface area contributed by atoms with Crippen LogP contribution in [0.15, 0.2) is 121 Å². The van der Waals surface area contributed by atoms with Gasteiger partial charge in [-0.1, -0.05) is 96.5 Å². The molecule has 0 unspecified atom stereocenters. The van der Waals surface area contributed by atoms with Crippen LogP contribution in [0.1, 0.15) is 52.2 Å². The number of para-hydroxylation sites is 1. The molecule has 10 rings (SSSR count). The number of rotatable bonds is 17. The summed E-state index contributed by atoms with van der Waals surface area (Å²) in [6, 6.07) is 32.9. The Bertz CT molecular complexity index is 3620. The van der Waals surface area contributed by atoms with E-state index in [0.717, 1.165) is 0 Å². The average Bonchev–Trinajstić information content (AvgIpc) is 4.33. The number of amides is 6. The number of nitrogens with one attached hydrogen (secondary N) is 2. The Labute approximate surface area is 426 Å². The lowest BCUT2D eigenvalue weighted by Gasteiger charge is -2.22. The first-order chi connectivity index (χ1) is 35.6. The van der Waals surface area contributed by atoms with E-state index in [1.54, 1.807) is 116 Å². The molecule has 0 bridgehead atoms. The fraction of sp³-hybridized carbons (Fsp3) is 0.200. The Kier molecular flexibility index (Phi) is 13.2. The molecule has 6 amide bonds. The van der Waals surface area contributed by atoms with Crippen molar-refractivity contribution in [3.63, 3.8) is 0 Å². The molecule has 74 heavy (non-hydrogen) atoms. The van der Waals surface area contributed by atoms with Crippen LogP contribution in [0.5, 0.6) is 0 Å². The lowest BCUT2D eigenvalue weighted by molar-refractivity contribution is -0.136. The topological polar surface area (TPSA) is 221 Å². The summed E-state index contributed by atoms with van der Waals surface area (Å²) in [5, 5.41) is 15.2. The highest BCUT2D eigenvalue weighted by molar-refractivity contribution is 6.33. The standard InChI is InChI=1S/C55H47ClF2N10O6/c1-30-19-20-31(25-39(30)37-13-7-16-42(51(37)58)62-46(70)26-65(32-21-22-32)47(71)28-67-43-17-5-3-10-38(43)52(63-67)54(59)73)34-11-8-18-44-49(34)53(55(60)74)64-68(44)29-48(72)66(33-23-24-33)27-45(69)61-41-15-6-12-36(50(41)57)35-9-2-4-14-40(35)56/h2-20,25,32-33H,21-24,26-29H2,1H3,(H2,59,73)(H2,60,74)(H,61,69)(H,62,70). The summed E-state index contributed by atoms with van der Waals surface area (Å²) in [5.41, 5.74) is 15.2. The molecule has 0 saturated heterocycles. The minimum atomic E-state index is -0.857. The minimum absolute atomic E-state index is 0.0279. The van der Waals surface area contributed by atoms with Gasteiger partial charge >= 0.3 is 0 Å². The van der Waals surface area contributed by atoms with Crippen molar-refractivity contribution in [1.29, 1.82) is 0 Å². The van der Waals surface area contributed by atoms with Crippen molar-refractivity contribution in [2.75, 3.05) is 23.7 Å². The highest BCUT2D eigenvalue weighted by atomic mass is 35.5. The van der Waals surface area contributed by atoms with Crippen molar-refractivity contribution in [1.82, 2.24) is 29.4 Å². The normalized spacial score (nSPS) is 13.2. The van der Waals surface area contributed by atoms with Crippen LogP contribution >= 0.6 is 11.6 Å². The van der Waals surface area contributed by atoms with Gasteiger partial charge in [-0.05, 0) is 91.3 Å². The first-order valence-electron chi connectivity index (χ1n) is 23.8. The highest BCUT2D eigenvalue weighted by Crippen LogP contribution is 2.38. The Morgan fingerprint density at radius 3 is 1.66 bits per heavy atom. The third-order valence-corrected chi connectivity index (χ3v) is 13.6. The van der Waals surface area contributed by atoms with E-state index in [4.69, 9.17) is 23.1 Å². The maximum Gasteiger partial charge on any atom is 0.269 e. The van der Waals surface area contributed by atoms with Crippen LogP contribution in [0.4, 0.5) is 20.2 Å². The van der Waals surface area contributed by atoms with Gasteiger partial charge in [-0.2, -0.15) is 10.2 Å². The van der Waals surface area contributed by atoms with Crippen LogP contribution in [0.3, 0.4) is 0 Å². The van der Waals surface area contributed by atoms with E-state index in [9.17, 15) is 28.8 Å². The molecule has 0 radical (unpaired) electrons. The lowest BCUT2D eigenvalue weighted by atomic mass is 9.93. The highest BCUT2D eigenvalue weighted by Gasteiger charge is 2.36. The van der Waals surface area contributed by atoms with Gasteiger partial charge in [-0.3, -0.25) is 38.1 Å². The molecule has 0 atom stereocenters. The van der Waals surface area contributed by atoms with E-state index in [-0.39, 0.29) is 72.2 Å². The van der Waals surface area contributed by atoms with E-state index in [1.807, 2.05) is 0 Å². The number of fused-ring (bicyclic) bond motifs is 2. The number of carbonyl (C=O) groups excluding carboxylic acids is 6. The summed E-state index contributed by atoms with van der Waals surface area (Å²) >= 11 is 6.34. The van der Waals surface area contributed by atoms with Gasteiger partial charge in [0.25, 0.3) is 11.8 Å². The third-order valence-electron chi connectivity index (χ3n) is 13.3. The third kappa shape index (κ3) is 9.78. The molecule has 2 fully saturated rings. The van der Waals surface area contributed by atoms with E-state index in [1.165, 1.54) is 31.3 Å². The number of primary amides is 2. The summed E-state index contributed by atoms with van der Waals surface area (Å²) < 4.78 is 35.2. The number of aryl methyl sites for hydroxylation is 1. The van der Waals surface area contributed by atoms with Crippen molar-refractivity contribution in [2.24, 2.45) is 11.5 Å². The Morgan fingerprint density at radius 1 is 0.595 bits per heavy atom. The number of hydrogen-bond donors (Lipinski definition) is 4. The van der Waals surface area contributed by atoms with Crippen molar-refractivity contribution < 1.29 is 37.5 Å². The number of benzene rings is 6. The van der Waals surface area contributed by atoms with Crippen molar-refractivity contribution in [3.05, 3.63) is 155 Å². The summed E-state index contributed by atoms with van der Waals surface area (Å²) in [6.45, 7) is 0.465. The average molecular weight is 1020 g/mol. The van der Waals surface area contributed by atoms with Crippen molar-refractivity contribution in [3.8, 4) is 33.4 Å². The zero-order valence-electron chi connectivity index (χ0n) is 39.8. The number of halogens is 3. The van der Waals surface area contributed by atoms with E-state index in [0.29, 0.717) is 80.3 Å². The molecule has 2 aliphatic carbocycles. The molecule has 0 spiro atoms. The molecule has 6 aromatic carbocycles. The SMILES string of the molecule is Cc1ccc(-c2cccc3c2c(C(N)=O)nn3CC(=O)N(CC(=O)Nc2cccc(-c3ccccc3Cl)c2F)C2CC2)cc1-c1cccc(NC(=O)CN(C(=O)Cn2nc(C(N)=O)c3ccccc32)C2CC2)c1F. The molecular formula is C55H47ClF2N10O6. The number of hydrogen-bond acceptors (Lipinski definition) is 8. The lowest BCUT2D eigenvalue weighted by Crippen LogP contribution is -2.41. The van der Waals surface area contributed by atoms with Crippen LogP contribution in [0.25, 0.3) is 55.2 Å². The van der Waals surface area contributed by atoms with Crippen LogP contribution in [0, 0.1) is 18.6 Å². The number of carbonyl (C=O) groups is 6. The molecule has 2 heterocycles. The molecule has 19 heteroatoms. The number of aromatic nitrogens is 4. The van der Waals surface area contributed by atoms with Crippen molar-refractivity contribution >= 4 is 80.2 Å². The van der Waals surface area contributed by atoms with Crippen LogP contribution in [-0.4, -0.2) is 90.0 Å². The summed E-state index contributed by atoms with van der Waals surface area (Å²) in [5.74, 6) is -5.10. The zero-order valence-corrected chi connectivity index (χ0v) is 40.5. The monoisotopic (exact) mass is 1020 g/mol. The van der Waals surface area contributed by atoms with Gasteiger partial charge in [0.15, 0.2) is 23.0 Å². The van der Waals surface area contributed by atoms with Gasteiger partial charge in [0.2, 0.25) is 23.6 Å². The molecule has 2 saturated carbocycles. The minimum Gasteiger partial charge on any atom is -0.364 e. The molecule has 6 N–H and O–H groups in total. The first kappa shape index (κ1) is 48.8. The largest absolute Gasteiger partial charge is 0.364 e.